The first-order chi connectivity index (χ1) is 16.1. The number of aromatic nitrogens is 4. The van der Waals surface area contributed by atoms with E-state index in [4.69, 9.17) is 4.98 Å². The van der Waals surface area contributed by atoms with E-state index in [1.165, 1.54) is 21.9 Å². The molecule has 6 nitrogen and oxygen atoms in total. The van der Waals surface area contributed by atoms with E-state index in [0.29, 0.717) is 27.4 Å². The number of H-pyrrole nitrogens is 1. The van der Waals surface area contributed by atoms with Crippen molar-refractivity contribution >= 4 is 39.4 Å². The molecule has 0 fully saturated rings. The van der Waals surface area contributed by atoms with Crippen molar-refractivity contribution < 1.29 is 4.79 Å². The van der Waals surface area contributed by atoms with Gasteiger partial charge in [-0.2, -0.15) is 0 Å². The lowest BCUT2D eigenvalue weighted by molar-refractivity contribution is 0.102. The van der Waals surface area contributed by atoms with Crippen LogP contribution >= 0.6 is 11.8 Å². The smallest absolute Gasteiger partial charge is 0.267 e. The number of nitrogens with zero attached hydrogens (tertiary/aromatic N) is 3. The number of aryl methyl sites for hydroxylation is 2. The number of nitrogens with one attached hydrogen (secondary N) is 1. The Morgan fingerprint density at radius 1 is 1.09 bits per heavy atom. The fraction of sp³-hybridized carbons (Fsp3) is 0.154. The highest BCUT2D eigenvalue weighted by Crippen LogP contribution is 2.26. The number of carbonyl (C=O) groups is 1. The molecule has 0 aliphatic rings. The number of para-hydroxylation sites is 2. The molecule has 5 aromatic rings. The van der Waals surface area contributed by atoms with Gasteiger partial charge in [-0.3, -0.25) is 9.59 Å². The van der Waals surface area contributed by atoms with Gasteiger partial charge in [-0.25, -0.2) is 14.5 Å². The molecule has 0 amide bonds. The summed E-state index contributed by atoms with van der Waals surface area (Å²) in [5.74, 6) is 0.624. The third kappa shape index (κ3) is 3.85. The van der Waals surface area contributed by atoms with Gasteiger partial charge in [0.1, 0.15) is 5.82 Å². The van der Waals surface area contributed by atoms with Crippen LogP contribution in [0.3, 0.4) is 0 Å². The SMILES string of the molecule is CCc1cccc2c(C(=O)CSc3nc4ccccc4c(=O)n3-c3cc(C)ccn3)c[nH]c12. The molecule has 0 spiro atoms. The number of aromatic amines is 1. The maximum atomic E-state index is 13.4. The lowest BCUT2D eigenvalue weighted by Crippen LogP contribution is -2.23. The molecule has 0 bridgehead atoms. The van der Waals surface area contributed by atoms with Gasteiger partial charge in [0.05, 0.1) is 16.7 Å². The molecule has 33 heavy (non-hydrogen) atoms. The number of Topliss-reactive ketones (excluding diaryl/α,β-unsaturated/α-hetero) is 1. The largest absolute Gasteiger partial charge is 0.360 e. The van der Waals surface area contributed by atoms with Gasteiger partial charge >= 0.3 is 0 Å². The van der Waals surface area contributed by atoms with Crippen LogP contribution in [-0.2, 0) is 6.42 Å². The van der Waals surface area contributed by atoms with Gasteiger partial charge in [0.2, 0.25) is 0 Å². The van der Waals surface area contributed by atoms with Gasteiger partial charge in [-0.05, 0) is 48.7 Å². The number of benzene rings is 2. The molecule has 0 saturated heterocycles. The van der Waals surface area contributed by atoms with Crippen LogP contribution in [0.5, 0.6) is 0 Å². The number of rotatable bonds is 6. The zero-order valence-corrected chi connectivity index (χ0v) is 19.1. The van der Waals surface area contributed by atoms with Crippen LogP contribution < -0.4 is 5.56 Å². The summed E-state index contributed by atoms with van der Waals surface area (Å²) in [7, 11) is 0. The summed E-state index contributed by atoms with van der Waals surface area (Å²) in [4.78, 5) is 38.9. The number of hydrogen-bond acceptors (Lipinski definition) is 5. The first kappa shape index (κ1) is 21.2. The number of hydrogen-bond donors (Lipinski definition) is 1. The first-order valence-corrected chi connectivity index (χ1v) is 11.7. The standard InChI is InChI=1S/C26H22N4O2S/c1-3-17-7-6-9-18-20(14-28-24(17)18)22(31)15-33-26-29-21-10-5-4-8-19(21)25(32)30(26)23-13-16(2)11-12-27-23/h4-14,28H,3,15H2,1-2H3. The Hall–Kier alpha value is -3.71. The van der Waals surface area contributed by atoms with E-state index in [2.05, 4.69) is 23.0 Å². The Morgan fingerprint density at radius 3 is 2.73 bits per heavy atom. The molecule has 5 rings (SSSR count). The van der Waals surface area contributed by atoms with E-state index in [1.54, 1.807) is 18.5 Å². The Bertz CT molecular complexity index is 1570. The lowest BCUT2D eigenvalue weighted by Gasteiger charge is -2.12. The summed E-state index contributed by atoms with van der Waals surface area (Å²) in [5, 5.41) is 1.88. The van der Waals surface area contributed by atoms with Crippen molar-refractivity contribution in [2.24, 2.45) is 0 Å². The fourth-order valence-corrected chi connectivity index (χ4v) is 4.89. The highest BCUT2D eigenvalue weighted by molar-refractivity contribution is 7.99. The summed E-state index contributed by atoms with van der Waals surface area (Å²) < 4.78 is 1.50. The Labute approximate surface area is 194 Å². The molecule has 1 N–H and O–H groups in total. The quantitative estimate of drug-likeness (QED) is 0.219. The second kappa shape index (κ2) is 8.67. The molecule has 164 valence electrons. The summed E-state index contributed by atoms with van der Waals surface area (Å²) in [6.45, 7) is 4.04. The van der Waals surface area contributed by atoms with Gasteiger partial charge in [-0.15, -0.1) is 0 Å². The highest BCUT2D eigenvalue weighted by Gasteiger charge is 2.18. The molecule has 0 radical (unpaired) electrons. The average molecular weight is 455 g/mol. The molecule has 7 heteroatoms. The van der Waals surface area contributed by atoms with Crippen molar-refractivity contribution in [3.05, 3.63) is 94.0 Å². The second-order valence-electron chi connectivity index (χ2n) is 7.85. The molecule has 0 saturated carbocycles. The summed E-state index contributed by atoms with van der Waals surface area (Å²) >= 11 is 1.25. The molecule has 0 aliphatic carbocycles. The van der Waals surface area contributed by atoms with Crippen LogP contribution in [0, 0.1) is 6.92 Å². The fourth-order valence-electron chi connectivity index (χ4n) is 4.00. The Balaban J connectivity index is 1.55. The number of pyridine rings is 1. The molecular weight excluding hydrogens is 432 g/mol. The van der Waals surface area contributed by atoms with Gasteiger partial charge < -0.3 is 4.98 Å². The second-order valence-corrected chi connectivity index (χ2v) is 8.79. The van der Waals surface area contributed by atoms with Crippen molar-refractivity contribution in [1.29, 1.82) is 0 Å². The van der Waals surface area contributed by atoms with Gasteiger partial charge in [0.15, 0.2) is 10.9 Å². The highest BCUT2D eigenvalue weighted by atomic mass is 32.2. The minimum atomic E-state index is -0.201. The molecule has 0 unspecified atom stereocenters. The number of carbonyl (C=O) groups excluding carboxylic acids is 1. The van der Waals surface area contributed by atoms with E-state index in [1.807, 2.05) is 49.4 Å². The molecule has 3 aromatic heterocycles. The van der Waals surface area contributed by atoms with E-state index >= 15 is 0 Å². The molecule has 0 aliphatic heterocycles. The third-order valence-electron chi connectivity index (χ3n) is 5.69. The molecule has 2 aromatic carbocycles. The zero-order valence-electron chi connectivity index (χ0n) is 18.3. The minimum absolute atomic E-state index is 0.0225. The van der Waals surface area contributed by atoms with E-state index in [0.717, 1.165) is 22.9 Å². The number of ketones is 1. The van der Waals surface area contributed by atoms with Crippen LogP contribution in [0.2, 0.25) is 0 Å². The predicted octanol–water partition coefficient (Wildman–Crippen LogP) is 5.11. The average Bonchev–Trinajstić information content (AvgIpc) is 3.27. The molecular formula is C26H22N4O2S. The van der Waals surface area contributed by atoms with Crippen molar-refractivity contribution in [1.82, 2.24) is 19.5 Å². The zero-order chi connectivity index (χ0) is 22.9. The van der Waals surface area contributed by atoms with Gasteiger partial charge in [0.25, 0.3) is 5.56 Å². The van der Waals surface area contributed by atoms with E-state index in [-0.39, 0.29) is 17.1 Å². The summed E-state index contributed by atoms with van der Waals surface area (Å²) in [6.07, 6.45) is 4.33. The Morgan fingerprint density at radius 2 is 1.91 bits per heavy atom. The molecule has 3 heterocycles. The maximum Gasteiger partial charge on any atom is 0.267 e. The van der Waals surface area contributed by atoms with Crippen molar-refractivity contribution in [2.75, 3.05) is 5.75 Å². The van der Waals surface area contributed by atoms with Crippen LogP contribution in [0.1, 0.15) is 28.4 Å². The Kier molecular flexibility index (Phi) is 5.56. The van der Waals surface area contributed by atoms with E-state index < -0.39 is 0 Å². The summed E-state index contributed by atoms with van der Waals surface area (Å²) in [5.41, 5.74) is 4.20. The van der Waals surface area contributed by atoms with Crippen LogP contribution in [-0.4, -0.2) is 31.1 Å². The maximum absolute atomic E-state index is 13.4. The minimum Gasteiger partial charge on any atom is -0.360 e. The van der Waals surface area contributed by atoms with Crippen molar-refractivity contribution in [3.63, 3.8) is 0 Å². The van der Waals surface area contributed by atoms with Crippen LogP contribution in [0.4, 0.5) is 0 Å². The van der Waals surface area contributed by atoms with Crippen molar-refractivity contribution in [3.8, 4) is 5.82 Å². The monoisotopic (exact) mass is 454 g/mol. The first-order valence-electron chi connectivity index (χ1n) is 10.8. The van der Waals surface area contributed by atoms with Gasteiger partial charge in [-0.1, -0.05) is 49.0 Å². The van der Waals surface area contributed by atoms with E-state index in [9.17, 15) is 9.59 Å². The molecule has 0 atom stereocenters. The normalized spacial score (nSPS) is 11.3. The topological polar surface area (TPSA) is 80.6 Å². The van der Waals surface area contributed by atoms with Crippen LogP contribution in [0.25, 0.3) is 27.6 Å². The predicted molar refractivity (Wildman–Crippen MR) is 133 cm³/mol. The lowest BCUT2D eigenvalue weighted by atomic mass is 10.1. The van der Waals surface area contributed by atoms with Crippen LogP contribution in [0.15, 0.2) is 76.9 Å². The summed E-state index contributed by atoms with van der Waals surface area (Å²) in [6, 6.07) is 17.0. The van der Waals surface area contributed by atoms with Gasteiger partial charge in [0, 0.05) is 28.9 Å². The van der Waals surface area contributed by atoms with Crippen molar-refractivity contribution in [2.45, 2.75) is 25.4 Å². The number of fused-ring (bicyclic) bond motifs is 2. The third-order valence-corrected chi connectivity index (χ3v) is 6.63. The number of thioether (sulfide) groups is 1.